The van der Waals surface area contributed by atoms with Crippen LogP contribution in [0.15, 0.2) is 29.7 Å². The Hall–Kier alpha value is -1.13. The van der Waals surface area contributed by atoms with Crippen LogP contribution in [0.3, 0.4) is 0 Å². The van der Waals surface area contributed by atoms with Crippen molar-refractivity contribution in [2.24, 2.45) is 5.14 Å². The van der Waals surface area contributed by atoms with Crippen LogP contribution in [-0.2, 0) is 10.0 Å². The van der Waals surface area contributed by atoms with E-state index in [0.717, 1.165) is 16.5 Å². The molecule has 0 aromatic heterocycles. The molecule has 14 heavy (non-hydrogen) atoms. The second-order valence-corrected chi connectivity index (χ2v) is 4.67. The number of sulfonamides is 1. The topological polar surface area (TPSA) is 60.2 Å². The van der Waals surface area contributed by atoms with E-state index in [0.29, 0.717) is 5.57 Å². The van der Waals surface area contributed by atoms with Gasteiger partial charge >= 0.3 is 0 Å². The predicted octanol–water partition coefficient (Wildman–Crippen LogP) is 1.64. The molecule has 0 fully saturated rings. The molecule has 1 aromatic rings. The maximum Gasteiger partial charge on any atom is 0.231 e. The molecule has 0 aliphatic heterocycles. The zero-order valence-corrected chi connectivity index (χ0v) is 9.01. The molecular formula is C10H13NO2S. The van der Waals surface area contributed by atoms with Crippen molar-refractivity contribution in [3.63, 3.8) is 0 Å². The quantitative estimate of drug-likeness (QED) is 0.808. The van der Waals surface area contributed by atoms with Crippen molar-refractivity contribution in [1.29, 1.82) is 0 Å². The number of primary sulfonamides is 1. The lowest BCUT2D eigenvalue weighted by Crippen LogP contribution is -2.07. The Kier molecular flexibility index (Phi) is 3.08. The van der Waals surface area contributed by atoms with Gasteiger partial charge in [0.25, 0.3) is 0 Å². The highest BCUT2D eigenvalue weighted by Gasteiger charge is 2.01. The third kappa shape index (κ3) is 3.32. The molecule has 4 heteroatoms. The first-order valence-corrected chi connectivity index (χ1v) is 5.77. The van der Waals surface area contributed by atoms with Crippen LogP contribution in [0, 0.1) is 6.92 Å². The SMILES string of the molecule is CC(=CS(N)(=O)=O)c1cccc(C)c1. The van der Waals surface area contributed by atoms with E-state index in [4.69, 9.17) is 5.14 Å². The van der Waals surface area contributed by atoms with Gasteiger partial charge < -0.3 is 0 Å². The van der Waals surface area contributed by atoms with Crippen LogP contribution in [0.2, 0.25) is 0 Å². The van der Waals surface area contributed by atoms with Crippen LogP contribution in [0.1, 0.15) is 18.1 Å². The van der Waals surface area contributed by atoms with Crippen LogP contribution in [0.25, 0.3) is 5.57 Å². The molecule has 1 rings (SSSR count). The molecule has 0 aliphatic carbocycles. The normalized spacial score (nSPS) is 12.9. The monoisotopic (exact) mass is 211 g/mol. The highest BCUT2D eigenvalue weighted by atomic mass is 32.2. The second kappa shape index (κ2) is 3.94. The van der Waals surface area contributed by atoms with Crippen LogP contribution < -0.4 is 5.14 Å². The summed E-state index contributed by atoms with van der Waals surface area (Å²) in [7, 11) is -3.55. The standard InChI is InChI=1S/C10H13NO2S/c1-8-4-3-5-10(6-8)9(2)7-14(11,12)13/h3-7H,1-2H3,(H2,11,12,13). The zero-order valence-electron chi connectivity index (χ0n) is 8.19. The number of rotatable bonds is 2. The Morgan fingerprint density at radius 1 is 1.43 bits per heavy atom. The Bertz CT molecular complexity index is 461. The predicted molar refractivity (Wildman–Crippen MR) is 57.9 cm³/mol. The molecule has 2 N–H and O–H groups in total. The van der Waals surface area contributed by atoms with E-state index in [9.17, 15) is 8.42 Å². The largest absolute Gasteiger partial charge is 0.231 e. The molecule has 3 nitrogen and oxygen atoms in total. The van der Waals surface area contributed by atoms with E-state index in [2.05, 4.69) is 0 Å². The first-order valence-electron chi connectivity index (χ1n) is 4.16. The average Bonchev–Trinajstić information content (AvgIpc) is 2.01. The molecule has 0 unspecified atom stereocenters. The summed E-state index contributed by atoms with van der Waals surface area (Å²) in [5.41, 5.74) is 2.61. The number of hydrogen-bond donors (Lipinski definition) is 1. The Labute approximate surface area is 84.3 Å². The van der Waals surface area contributed by atoms with Crippen molar-refractivity contribution in [2.45, 2.75) is 13.8 Å². The lowest BCUT2D eigenvalue weighted by molar-refractivity contribution is 0.606. The maximum absolute atomic E-state index is 10.8. The smallest absolute Gasteiger partial charge is 0.225 e. The summed E-state index contributed by atoms with van der Waals surface area (Å²) < 4.78 is 21.6. The highest BCUT2D eigenvalue weighted by molar-refractivity contribution is 7.92. The zero-order chi connectivity index (χ0) is 10.8. The summed E-state index contributed by atoms with van der Waals surface area (Å²) in [4.78, 5) is 0. The minimum absolute atomic E-state index is 0.649. The Morgan fingerprint density at radius 2 is 2.07 bits per heavy atom. The molecular weight excluding hydrogens is 198 g/mol. The van der Waals surface area contributed by atoms with Gasteiger partial charge in [0.15, 0.2) is 0 Å². The molecule has 0 aliphatic rings. The minimum Gasteiger partial charge on any atom is -0.225 e. The number of hydrogen-bond acceptors (Lipinski definition) is 2. The molecule has 0 heterocycles. The van der Waals surface area contributed by atoms with Gasteiger partial charge in [-0.3, -0.25) is 0 Å². The molecule has 0 radical (unpaired) electrons. The molecule has 0 bridgehead atoms. The third-order valence-electron chi connectivity index (χ3n) is 1.81. The summed E-state index contributed by atoms with van der Waals surface area (Å²) in [6.45, 7) is 3.67. The fraction of sp³-hybridized carbons (Fsp3) is 0.200. The fourth-order valence-corrected chi connectivity index (χ4v) is 1.83. The highest BCUT2D eigenvalue weighted by Crippen LogP contribution is 2.15. The van der Waals surface area contributed by atoms with Gasteiger partial charge in [-0.2, -0.15) is 0 Å². The number of benzene rings is 1. The van der Waals surface area contributed by atoms with Gasteiger partial charge in [0, 0.05) is 5.41 Å². The van der Waals surface area contributed by atoms with Crippen molar-refractivity contribution < 1.29 is 8.42 Å². The lowest BCUT2D eigenvalue weighted by Gasteiger charge is -2.01. The van der Waals surface area contributed by atoms with E-state index in [-0.39, 0.29) is 0 Å². The summed E-state index contributed by atoms with van der Waals surface area (Å²) in [5.74, 6) is 0. The van der Waals surface area contributed by atoms with Crippen LogP contribution in [-0.4, -0.2) is 8.42 Å². The Morgan fingerprint density at radius 3 is 2.57 bits per heavy atom. The summed E-state index contributed by atoms with van der Waals surface area (Å²) in [6.07, 6.45) is 0. The fourth-order valence-electron chi connectivity index (χ4n) is 1.20. The van der Waals surface area contributed by atoms with Crippen LogP contribution in [0.5, 0.6) is 0 Å². The maximum atomic E-state index is 10.8. The van der Waals surface area contributed by atoms with E-state index < -0.39 is 10.0 Å². The van der Waals surface area contributed by atoms with Gasteiger partial charge in [0.2, 0.25) is 10.0 Å². The number of nitrogens with two attached hydrogens (primary N) is 1. The van der Waals surface area contributed by atoms with Crippen LogP contribution in [0.4, 0.5) is 0 Å². The minimum atomic E-state index is -3.55. The van der Waals surface area contributed by atoms with Gasteiger partial charge in [-0.25, -0.2) is 13.6 Å². The lowest BCUT2D eigenvalue weighted by atomic mass is 10.1. The number of aryl methyl sites for hydroxylation is 1. The van der Waals surface area contributed by atoms with Crippen molar-refractivity contribution in [2.75, 3.05) is 0 Å². The van der Waals surface area contributed by atoms with Gasteiger partial charge in [0.05, 0.1) is 0 Å². The molecule has 0 saturated heterocycles. The van der Waals surface area contributed by atoms with E-state index >= 15 is 0 Å². The summed E-state index contributed by atoms with van der Waals surface area (Å²) >= 11 is 0. The van der Waals surface area contributed by atoms with E-state index in [1.807, 2.05) is 31.2 Å². The van der Waals surface area contributed by atoms with Gasteiger partial charge in [-0.15, -0.1) is 0 Å². The summed E-state index contributed by atoms with van der Waals surface area (Å²) in [5, 5.41) is 5.98. The number of allylic oxidation sites excluding steroid dienone is 1. The second-order valence-electron chi connectivity index (χ2n) is 3.26. The van der Waals surface area contributed by atoms with Crippen molar-refractivity contribution in [1.82, 2.24) is 0 Å². The third-order valence-corrected chi connectivity index (χ3v) is 2.50. The average molecular weight is 211 g/mol. The summed E-state index contributed by atoms with van der Waals surface area (Å²) in [6, 6.07) is 7.60. The van der Waals surface area contributed by atoms with E-state index in [1.165, 1.54) is 0 Å². The van der Waals surface area contributed by atoms with Crippen molar-refractivity contribution in [3.8, 4) is 0 Å². The molecule has 0 amide bonds. The van der Waals surface area contributed by atoms with Crippen molar-refractivity contribution >= 4 is 15.6 Å². The molecule has 0 spiro atoms. The first-order chi connectivity index (χ1) is 6.38. The first kappa shape index (κ1) is 10.9. The van der Waals surface area contributed by atoms with Gasteiger partial charge in [-0.05, 0) is 25.0 Å². The van der Waals surface area contributed by atoms with Gasteiger partial charge in [-0.1, -0.05) is 29.8 Å². The van der Waals surface area contributed by atoms with Gasteiger partial charge in [0.1, 0.15) is 0 Å². The van der Waals surface area contributed by atoms with Crippen LogP contribution >= 0.6 is 0 Å². The van der Waals surface area contributed by atoms with E-state index in [1.54, 1.807) is 6.92 Å². The molecule has 1 aromatic carbocycles. The van der Waals surface area contributed by atoms with Crippen molar-refractivity contribution in [3.05, 3.63) is 40.8 Å². The molecule has 76 valence electrons. The molecule has 0 saturated carbocycles. The molecule has 0 atom stereocenters. The Balaban J connectivity index is 3.13.